The van der Waals surface area contributed by atoms with Crippen LogP contribution in [0.15, 0.2) is 65.7 Å². The summed E-state index contributed by atoms with van der Waals surface area (Å²) in [7, 11) is -3.38. The molecule has 8 nitrogen and oxygen atoms in total. The maximum Gasteiger partial charge on any atom is 0.263 e. The topological polar surface area (TPSA) is 120 Å². The van der Waals surface area contributed by atoms with Crippen molar-refractivity contribution in [2.75, 3.05) is 28.3 Å². The molecule has 0 saturated carbocycles. The summed E-state index contributed by atoms with van der Waals surface area (Å²) in [5.41, 5.74) is 10.6. The molecule has 0 spiro atoms. The maximum absolute atomic E-state index is 13.8. The molecule has 180 valence electrons. The molecule has 1 aromatic heterocycles. The Morgan fingerprint density at radius 3 is 2.53 bits per heavy atom. The third-order valence-electron chi connectivity index (χ3n) is 6.26. The molecule has 3 heterocycles. The minimum Gasteiger partial charge on any atom is -0.396 e. The molecule has 0 aliphatic carbocycles. The molecule has 5 rings (SSSR count). The van der Waals surface area contributed by atoms with Crippen molar-refractivity contribution in [3.8, 4) is 6.07 Å². The normalized spacial score (nSPS) is 16.0. The van der Waals surface area contributed by atoms with Crippen molar-refractivity contribution in [3.05, 3.63) is 83.2 Å². The van der Waals surface area contributed by atoms with Crippen molar-refractivity contribution in [1.29, 1.82) is 5.26 Å². The maximum atomic E-state index is 13.8. The first-order valence-corrected chi connectivity index (χ1v) is 13.2. The second kappa shape index (κ2) is 8.66. The number of nitrogens with two attached hydrogens (primary N) is 1. The Balaban J connectivity index is 1.64. The number of aryl methyl sites for hydroxylation is 1. The van der Waals surface area contributed by atoms with Gasteiger partial charge in [0, 0.05) is 30.3 Å². The van der Waals surface area contributed by atoms with E-state index in [2.05, 4.69) is 6.07 Å². The predicted molar refractivity (Wildman–Crippen MR) is 140 cm³/mol. The number of hydrogen-bond donors (Lipinski definition) is 1. The van der Waals surface area contributed by atoms with Crippen LogP contribution in [0.4, 0.5) is 22.9 Å². The number of amides is 1. The van der Waals surface area contributed by atoms with E-state index in [9.17, 15) is 18.5 Å². The Morgan fingerprint density at radius 2 is 1.89 bits per heavy atom. The summed E-state index contributed by atoms with van der Waals surface area (Å²) in [6.07, 6.45) is 7.72. The summed E-state index contributed by atoms with van der Waals surface area (Å²) in [6.45, 7) is 2.59. The van der Waals surface area contributed by atoms with E-state index in [0.717, 1.165) is 24.8 Å². The van der Waals surface area contributed by atoms with Gasteiger partial charge < -0.3 is 10.6 Å². The van der Waals surface area contributed by atoms with Gasteiger partial charge in [-0.2, -0.15) is 5.26 Å². The second-order valence-corrected chi connectivity index (χ2v) is 10.8. The van der Waals surface area contributed by atoms with Crippen LogP contribution in [0.5, 0.6) is 0 Å². The van der Waals surface area contributed by atoms with Gasteiger partial charge in [0.2, 0.25) is 0 Å². The number of nitrogens with zero attached hydrogens (tertiary/aromatic N) is 4. The summed E-state index contributed by atoms with van der Waals surface area (Å²) in [4.78, 5) is 22.1. The number of benzene rings is 2. The van der Waals surface area contributed by atoms with Gasteiger partial charge in [0.25, 0.3) is 5.91 Å². The van der Waals surface area contributed by atoms with E-state index >= 15 is 0 Å². The van der Waals surface area contributed by atoms with Crippen molar-refractivity contribution >= 4 is 50.3 Å². The van der Waals surface area contributed by atoms with Crippen LogP contribution in [-0.2, 0) is 14.6 Å². The van der Waals surface area contributed by atoms with Gasteiger partial charge in [-0.05, 0) is 73.5 Å². The number of carbonyl (C=O) groups is 1. The number of anilines is 4. The number of aromatic nitrogens is 1. The highest BCUT2D eigenvalue weighted by atomic mass is 32.2. The van der Waals surface area contributed by atoms with Gasteiger partial charge in [-0.15, -0.1) is 0 Å². The van der Waals surface area contributed by atoms with Crippen LogP contribution in [0.2, 0.25) is 0 Å². The molecule has 3 aromatic rings. The van der Waals surface area contributed by atoms with Gasteiger partial charge in [-0.3, -0.25) is 9.69 Å². The Morgan fingerprint density at radius 1 is 1.14 bits per heavy atom. The molecule has 9 heteroatoms. The van der Waals surface area contributed by atoms with Gasteiger partial charge in [0.15, 0.2) is 15.7 Å². The lowest BCUT2D eigenvalue weighted by Crippen LogP contribution is -2.20. The first-order chi connectivity index (χ1) is 17.2. The molecule has 0 radical (unpaired) electrons. The zero-order valence-electron chi connectivity index (χ0n) is 19.8. The zero-order valence-corrected chi connectivity index (χ0v) is 20.6. The molecule has 2 aromatic carbocycles. The van der Waals surface area contributed by atoms with Crippen LogP contribution in [0.1, 0.15) is 28.8 Å². The molecule has 2 N–H and O–H groups in total. The largest absolute Gasteiger partial charge is 0.396 e. The van der Waals surface area contributed by atoms with E-state index in [4.69, 9.17) is 10.7 Å². The van der Waals surface area contributed by atoms with Crippen LogP contribution in [0.25, 0.3) is 11.6 Å². The van der Waals surface area contributed by atoms with Crippen molar-refractivity contribution in [2.45, 2.75) is 18.2 Å². The Labute approximate surface area is 209 Å². The number of fused-ring (bicyclic) bond motifs is 1. The minimum absolute atomic E-state index is 0.166. The lowest BCUT2D eigenvalue weighted by atomic mass is 10.00. The molecule has 0 bridgehead atoms. The lowest BCUT2D eigenvalue weighted by molar-refractivity contribution is -0.112. The highest BCUT2D eigenvalue weighted by molar-refractivity contribution is 7.90. The molecule has 0 fully saturated rings. The summed E-state index contributed by atoms with van der Waals surface area (Å²) in [6, 6.07) is 15.4. The highest BCUT2D eigenvalue weighted by Gasteiger charge is 2.34. The molecule has 1 amide bonds. The third kappa shape index (κ3) is 4.01. The van der Waals surface area contributed by atoms with E-state index < -0.39 is 9.84 Å². The summed E-state index contributed by atoms with van der Waals surface area (Å²) in [5.74, 6) is 0.325. The molecule has 0 atom stereocenters. The fraction of sp³-hybridized carbons (Fsp3) is 0.148. The Bertz CT molecular complexity index is 1620. The van der Waals surface area contributed by atoms with Crippen molar-refractivity contribution < 1.29 is 13.2 Å². The number of sulfone groups is 1. The van der Waals surface area contributed by atoms with Gasteiger partial charge in [0.05, 0.1) is 39.2 Å². The number of nitriles is 1. The molecular formula is C27H23N5O3S. The van der Waals surface area contributed by atoms with Crippen LogP contribution >= 0.6 is 0 Å². The standard InChI is InChI=1S/C27H23N5O3S/c1-17-13-25-22(14-18(17)16-28)23(15-19-5-10-24(29)26(30-19)31-11-3-4-12-31)27(33)32(25)20-6-8-21(9-7-20)36(2,34)35/h3,5-11,13-15H,4,12,29H2,1-2H3/b23-15-. The SMILES string of the molecule is Cc1cc2c(cc1C#N)/C(=C/c1ccc(N)c(N3C=CCC3)n1)C(=O)N2c1ccc(S(C)(=O)=O)cc1. The van der Waals surface area contributed by atoms with E-state index in [0.29, 0.717) is 45.3 Å². The first-order valence-electron chi connectivity index (χ1n) is 11.3. The first kappa shape index (κ1) is 23.3. The molecule has 0 saturated heterocycles. The average Bonchev–Trinajstić information content (AvgIpc) is 3.46. The third-order valence-corrected chi connectivity index (χ3v) is 7.39. The van der Waals surface area contributed by atoms with Crippen LogP contribution in [-0.4, -0.2) is 32.1 Å². The van der Waals surface area contributed by atoms with Crippen molar-refractivity contribution in [1.82, 2.24) is 4.98 Å². The second-order valence-electron chi connectivity index (χ2n) is 8.78. The fourth-order valence-electron chi connectivity index (χ4n) is 4.40. The van der Waals surface area contributed by atoms with Crippen LogP contribution in [0, 0.1) is 18.3 Å². The summed E-state index contributed by atoms with van der Waals surface area (Å²) < 4.78 is 23.8. The quantitative estimate of drug-likeness (QED) is 0.537. The van der Waals surface area contributed by atoms with E-state index in [1.54, 1.807) is 42.5 Å². The summed E-state index contributed by atoms with van der Waals surface area (Å²) >= 11 is 0. The molecule has 2 aliphatic rings. The molecule has 2 aliphatic heterocycles. The molecule has 36 heavy (non-hydrogen) atoms. The number of nitrogen functional groups attached to an aromatic ring is 1. The van der Waals surface area contributed by atoms with Gasteiger partial charge in [-0.1, -0.05) is 6.08 Å². The number of carbonyl (C=O) groups excluding carboxylic acids is 1. The van der Waals surface area contributed by atoms with Gasteiger partial charge in [0.1, 0.15) is 0 Å². The monoisotopic (exact) mass is 497 g/mol. The highest BCUT2D eigenvalue weighted by Crippen LogP contribution is 2.43. The number of hydrogen-bond acceptors (Lipinski definition) is 7. The lowest BCUT2D eigenvalue weighted by Gasteiger charge is -2.18. The van der Waals surface area contributed by atoms with E-state index in [1.165, 1.54) is 17.0 Å². The van der Waals surface area contributed by atoms with Crippen molar-refractivity contribution in [3.63, 3.8) is 0 Å². The number of rotatable bonds is 4. The predicted octanol–water partition coefficient (Wildman–Crippen LogP) is 4.19. The average molecular weight is 498 g/mol. The Kier molecular flexibility index (Phi) is 5.61. The van der Waals surface area contributed by atoms with E-state index in [1.807, 2.05) is 24.1 Å². The Hall–Kier alpha value is -4.42. The smallest absolute Gasteiger partial charge is 0.263 e. The van der Waals surface area contributed by atoms with Crippen LogP contribution in [0.3, 0.4) is 0 Å². The van der Waals surface area contributed by atoms with Crippen LogP contribution < -0.4 is 15.5 Å². The van der Waals surface area contributed by atoms with E-state index in [-0.39, 0.29) is 10.8 Å². The number of pyridine rings is 1. The van der Waals surface area contributed by atoms with Gasteiger partial charge >= 0.3 is 0 Å². The fourth-order valence-corrected chi connectivity index (χ4v) is 5.03. The zero-order chi connectivity index (χ0) is 25.6. The molecule has 0 unspecified atom stereocenters. The molecular weight excluding hydrogens is 474 g/mol. The van der Waals surface area contributed by atoms with Gasteiger partial charge in [-0.25, -0.2) is 13.4 Å². The van der Waals surface area contributed by atoms with Crippen molar-refractivity contribution in [2.24, 2.45) is 0 Å². The summed E-state index contributed by atoms with van der Waals surface area (Å²) in [5, 5.41) is 9.61. The minimum atomic E-state index is -3.38.